The molecule has 5 nitrogen and oxygen atoms in total. The Balaban J connectivity index is 1.72. The number of ether oxygens (including phenoxy) is 2. The van der Waals surface area contributed by atoms with Gasteiger partial charge >= 0.3 is 5.97 Å². The number of rotatable bonds is 6. The molecule has 1 aliphatic rings. The third-order valence-electron chi connectivity index (χ3n) is 3.24. The molecule has 1 N–H and O–H groups in total. The molecular weight excluding hydrogens is 300 g/mol. The molecule has 0 spiro atoms. The zero-order valence-corrected chi connectivity index (χ0v) is 13.1. The second kappa shape index (κ2) is 7.81. The van der Waals surface area contributed by atoms with Crippen molar-refractivity contribution in [3.05, 3.63) is 10.0 Å². The number of hydrogen-bond acceptors (Lipinski definition) is 6. The van der Waals surface area contributed by atoms with Crippen LogP contribution in [0, 0.1) is 0 Å². The van der Waals surface area contributed by atoms with Crippen LogP contribution in [-0.4, -0.2) is 37.3 Å². The van der Waals surface area contributed by atoms with Crippen LogP contribution >= 0.6 is 22.9 Å². The van der Waals surface area contributed by atoms with E-state index in [-0.39, 0.29) is 5.15 Å². The van der Waals surface area contributed by atoms with Crippen LogP contribution in [0.4, 0.5) is 5.13 Å². The van der Waals surface area contributed by atoms with Crippen molar-refractivity contribution in [1.29, 1.82) is 0 Å². The number of nitrogens with zero attached hydrogens (tertiary/aromatic N) is 1. The minimum Gasteiger partial charge on any atom is -0.465 e. The Morgan fingerprint density at radius 2 is 2.20 bits per heavy atom. The highest BCUT2D eigenvalue weighted by Crippen LogP contribution is 2.27. The number of nitrogens with one attached hydrogen (secondary N) is 1. The summed E-state index contributed by atoms with van der Waals surface area (Å²) in [5.74, 6) is -0.459. The third kappa shape index (κ3) is 4.33. The zero-order chi connectivity index (χ0) is 14.4. The fraction of sp³-hybridized carbons (Fsp3) is 0.692. The Bertz CT molecular complexity index is 447. The molecule has 0 saturated heterocycles. The molecule has 0 amide bonds. The van der Waals surface area contributed by atoms with Crippen molar-refractivity contribution in [3.8, 4) is 0 Å². The van der Waals surface area contributed by atoms with Crippen LogP contribution in [-0.2, 0) is 9.47 Å². The predicted molar refractivity (Wildman–Crippen MR) is 79.8 cm³/mol. The number of carbonyl (C=O) groups excluding carboxylic acids is 1. The van der Waals surface area contributed by atoms with Crippen LogP contribution < -0.4 is 5.32 Å². The standard InChI is InChI=1S/C13H19ClN2O3S/c1-18-12(17)10-11(14)16-13(20-10)15-7-8-19-9-5-3-2-4-6-9/h9H,2-8H2,1H3,(H,15,16). The van der Waals surface area contributed by atoms with Gasteiger partial charge < -0.3 is 14.8 Å². The summed E-state index contributed by atoms with van der Waals surface area (Å²) in [5.41, 5.74) is 0. The summed E-state index contributed by atoms with van der Waals surface area (Å²) in [6.45, 7) is 1.29. The van der Waals surface area contributed by atoms with Gasteiger partial charge in [-0.15, -0.1) is 0 Å². The summed E-state index contributed by atoms with van der Waals surface area (Å²) < 4.78 is 10.4. The fourth-order valence-electron chi connectivity index (χ4n) is 2.21. The number of hydrogen-bond donors (Lipinski definition) is 1. The van der Waals surface area contributed by atoms with Gasteiger partial charge in [0.2, 0.25) is 0 Å². The Kier molecular flexibility index (Phi) is 6.06. The van der Waals surface area contributed by atoms with Crippen molar-refractivity contribution in [3.63, 3.8) is 0 Å². The van der Waals surface area contributed by atoms with Crippen LogP contribution in [0.25, 0.3) is 0 Å². The van der Waals surface area contributed by atoms with Gasteiger partial charge in [0, 0.05) is 6.54 Å². The van der Waals surface area contributed by atoms with E-state index in [4.69, 9.17) is 16.3 Å². The van der Waals surface area contributed by atoms with Crippen molar-refractivity contribution in [2.24, 2.45) is 0 Å². The SMILES string of the molecule is COC(=O)c1sc(NCCOC2CCCCC2)nc1Cl. The number of aromatic nitrogens is 1. The summed E-state index contributed by atoms with van der Waals surface area (Å²) >= 11 is 7.07. The summed E-state index contributed by atoms with van der Waals surface area (Å²) in [7, 11) is 1.32. The smallest absolute Gasteiger partial charge is 0.351 e. The Morgan fingerprint density at radius 3 is 2.90 bits per heavy atom. The number of carbonyl (C=O) groups is 1. The predicted octanol–water partition coefficient (Wildman–Crippen LogP) is 3.34. The minimum atomic E-state index is -0.459. The molecule has 1 aliphatic carbocycles. The highest BCUT2D eigenvalue weighted by atomic mass is 35.5. The van der Waals surface area contributed by atoms with E-state index < -0.39 is 5.97 Å². The molecule has 20 heavy (non-hydrogen) atoms. The average molecular weight is 319 g/mol. The first kappa shape index (κ1) is 15.5. The molecule has 2 rings (SSSR count). The molecule has 1 aromatic rings. The van der Waals surface area contributed by atoms with Gasteiger partial charge in [-0.3, -0.25) is 0 Å². The lowest BCUT2D eigenvalue weighted by Gasteiger charge is -2.21. The molecular formula is C13H19ClN2O3S. The number of esters is 1. The molecule has 1 heterocycles. The fourth-order valence-corrected chi connectivity index (χ4v) is 3.34. The molecule has 0 bridgehead atoms. The number of methoxy groups -OCH3 is 1. The molecule has 0 aliphatic heterocycles. The first-order chi connectivity index (χ1) is 9.70. The molecule has 1 saturated carbocycles. The van der Waals surface area contributed by atoms with Gasteiger partial charge in [-0.05, 0) is 12.8 Å². The summed E-state index contributed by atoms with van der Waals surface area (Å²) in [5, 5.41) is 3.91. The number of anilines is 1. The molecule has 7 heteroatoms. The highest BCUT2D eigenvalue weighted by molar-refractivity contribution is 7.18. The lowest BCUT2D eigenvalue weighted by Crippen LogP contribution is -2.20. The zero-order valence-electron chi connectivity index (χ0n) is 11.5. The number of halogens is 1. The van der Waals surface area contributed by atoms with E-state index in [1.54, 1.807) is 0 Å². The summed E-state index contributed by atoms with van der Waals surface area (Å²) in [6, 6.07) is 0. The van der Waals surface area contributed by atoms with Gasteiger partial charge in [-0.2, -0.15) is 0 Å². The maximum atomic E-state index is 11.4. The lowest BCUT2D eigenvalue weighted by atomic mass is 9.98. The van der Waals surface area contributed by atoms with E-state index in [0.29, 0.717) is 29.3 Å². The van der Waals surface area contributed by atoms with Crippen LogP contribution in [0.3, 0.4) is 0 Å². The summed E-state index contributed by atoms with van der Waals surface area (Å²) in [4.78, 5) is 15.8. The van der Waals surface area contributed by atoms with E-state index in [1.165, 1.54) is 37.7 Å². The second-order valence-corrected chi connectivity index (χ2v) is 6.05. The van der Waals surface area contributed by atoms with Crippen LogP contribution in [0.2, 0.25) is 5.15 Å². The maximum absolute atomic E-state index is 11.4. The van der Waals surface area contributed by atoms with Crippen molar-refractivity contribution in [2.75, 3.05) is 25.6 Å². The van der Waals surface area contributed by atoms with Gasteiger partial charge in [0.25, 0.3) is 0 Å². The highest BCUT2D eigenvalue weighted by Gasteiger charge is 2.17. The topological polar surface area (TPSA) is 60.5 Å². The largest absolute Gasteiger partial charge is 0.465 e. The normalized spacial score (nSPS) is 16.1. The molecule has 0 atom stereocenters. The van der Waals surface area contributed by atoms with Crippen molar-refractivity contribution in [2.45, 2.75) is 38.2 Å². The van der Waals surface area contributed by atoms with Crippen LogP contribution in [0.15, 0.2) is 0 Å². The average Bonchev–Trinajstić information content (AvgIpc) is 2.85. The Morgan fingerprint density at radius 1 is 1.45 bits per heavy atom. The van der Waals surface area contributed by atoms with E-state index in [1.807, 2.05) is 0 Å². The minimum absolute atomic E-state index is 0.178. The van der Waals surface area contributed by atoms with Gasteiger partial charge in [0.15, 0.2) is 15.2 Å². The molecule has 112 valence electrons. The van der Waals surface area contributed by atoms with Gasteiger partial charge in [-0.25, -0.2) is 9.78 Å². The first-order valence-corrected chi connectivity index (χ1v) is 8.00. The summed E-state index contributed by atoms with van der Waals surface area (Å²) in [6.07, 6.45) is 6.58. The molecule has 0 unspecified atom stereocenters. The Labute approximate surface area is 127 Å². The monoisotopic (exact) mass is 318 g/mol. The third-order valence-corrected chi connectivity index (χ3v) is 4.62. The Hall–Kier alpha value is -0.850. The van der Waals surface area contributed by atoms with Gasteiger partial charge in [0.1, 0.15) is 0 Å². The van der Waals surface area contributed by atoms with Crippen LogP contribution in [0.1, 0.15) is 41.8 Å². The van der Waals surface area contributed by atoms with E-state index in [0.717, 1.165) is 12.8 Å². The lowest BCUT2D eigenvalue weighted by molar-refractivity contribution is 0.0347. The molecule has 0 radical (unpaired) electrons. The molecule has 0 aromatic carbocycles. The van der Waals surface area contributed by atoms with Gasteiger partial charge in [0.05, 0.1) is 19.8 Å². The van der Waals surface area contributed by atoms with Gasteiger partial charge in [-0.1, -0.05) is 42.2 Å². The molecule has 1 fully saturated rings. The maximum Gasteiger partial charge on any atom is 0.351 e. The van der Waals surface area contributed by atoms with Crippen molar-refractivity contribution < 1.29 is 14.3 Å². The van der Waals surface area contributed by atoms with Crippen molar-refractivity contribution in [1.82, 2.24) is 4.98 Å². The van der Waals surface area contributed by atoms with Crippen molar-refractivity contribution >= 4 is 34.0 Å². The van der Waals surface area contributed by atoms with E-state index in [2.05, 4.69) is 15.0 Å². The van der Waals surface area contributed by atoms with E-state index >= 15 is 0 Å². The quantitative estimate of drug-likeness (QED) is 0.644. The first-order valence-electron chi connectivity index (χ1n) is 6.81. The number of thiazole rings is 1. The van der Waals surface area contributed by atoms with Crippen LogP contribution in [0.5, 0.6) is 0 Å². The van der Waals surface area contributed by atoms with E-state index in [9.17, 15) is 4.79 Å². The molecule has 1 aromatic heterocycles. The second-order valence-electron chi connectivity index (χ2n) is 4.69.